The fourth-order valence-electron chi connectivity index (χ4n) is 1.72. The second-order valence-electron chi connectivity index (χ2n) is 4.63. The molecule has 2 aromatic heterocycles. The third-order valence-electron chi connectivity index (χ3n) is 2.96. The van der Waals surface area contributed by atoms with Crippen molar-refractivity contribution in [2.45, 2.75) is 56.3 Å². The number of aromatic nitrogens is 4. The topological polar surface area (TPSA) is 63.6 Å². The average molecular weight is 323 g/mol. The molecule has 0 fully saturated rings. The molecule has 0 unspecified atom stereocenters. The van der Waals surface area contributed by atoms with E-state index >= 15 is 0 Å². The van der Waals surface area contributed by atoms with Crippen molar-refractivity contribution in [1.82, 2.24) is 19.3 Å². The summed E-state index contributed by atoms with van der Waals surface area (Å²) in [6, 6.07) is 0. The average Bonchev–Trinajstić information content (AvgIpc) is 2.95. The largest absolute Gasteiger partial charge is 0.370 e. The van der Waals surface area contributed by atoms with Crippen molar-refractivity contribution in [2.24, 2.45) is 0 Å². The molecule has 0 aromatic carbocycles. The van der Waals surface area contributed by atoms with Crippen LogP contribution in [0.2, 0.25) is 0 Å². The molecule has 0 aliphatic heterocycles. The van der Waals surface area contributed by atoms with E-state index < -0.39 is 0 Å². The van der Waals surface area contributed by atoms with Gasteiger partial charge in [-0.05, 0) is 36.6 Å². The van der Waals surface area contributed by atoms with Gasteiger partial charge in [0.2, 0.25) is 0 Å². The number of nitrogens with one attached hydrogen (secondary N) is 1. The molecule has 0 radical (unpaired) electrons. The maximum absolute atomic E-state index is 4.64. The van der Waals surface area contributed by atoms with Gasteiger partial charge in [0.15, 0.2) is 4.34 Å². The SMILES string of the molecule is CCCNc1nc(CC)nc(Sc2nc(CC)ns2)c1C. The van der Waals surface area contributed by atoms with Gasteiger partial charge in [0, 0.05) is 24.9 Å². The summed E-state index contributed by atoms with van der Waals surface area (Å²) in [5.74, 6) is 2.70. The highest BCUT2D eigenvalue weighted by Gasteiger charge is 2.13. The van der Waals surface area contributed by atoms with Crippen LogP contribution in [-0.2, 0) is 12.8 Å². The van der Waals surface area contributed by atoms with Crippen molar-refractivity contribution < 1.29 is 0 Å². The maximum atomic E-state index is 4.64. The van der Waals surface area contributed by atoms with Crippen LogP contribution >= 0.6 is 23.3 Å². The number of rotatable bonds is 7. The fourth-order valence-corrected chi connectivity index (χ4v) is 3.43. The van der Waals surface area contributed by atoms with E-state index in [4.69, 9.17) is 0 Å². The standard InChI is InChI=1S/C14H21N5S2/c1-5-8-15-12-9(4)13(17-10(6-2)16-12)20-14-18-11(7-3)19-21-14/h5-8H2,1-4H3,(H,15,16,17). The first-order valence-electron chi connectivity index (χ1n) is 7.29. The monoisotopic (exact) mass is 323 g/mol. The van der Waals surface area contributed by atoms with Crippen LogP contribution in [0.25, 0.3) is 0 Å². The predicted molar refractivity (Wildman–Crippen MR) is 88.3 cm³/mol. The summed E-state index contributed by atoms with van der Waals surface area (Å²) in [4.78, 5) is 13.7. The Morgan fingerprint density at radius 3 is 2.43 bits per heavy atom. The summed E-state index contributed by atoms with van der Waals surface area (Å²) in [7, 11) is 0. The third kappa shape index (κ3) is 4.14. The Bertz CT molecular complexity index is 597. The summed E-state index contributed by atoms with van der Waals surface area (Å²) in [6.45, 7) is 9.26. The molecule has 2 rings (SSSR count). The van der Waals surface area contributed by atoms with Gasteiger partial charge in [-0.2, -0.15) is 4.37 Å². The van der Waals surface area contributed by atoms with Crippen molar-refractivity contribution in [3.63, 3.8) is 0 Å². The molecule has 114 valence electrons. The molecular formula is C14H21N5S2. The number of aryl methyl sites for hydroxylation is 2. The summed E-state index contributed by atoms with van der Waals surface area (Å²) in [5.41, 5.74) is 1.08. The zero-order valence-corrected chi connectivity index (χ0v) is 14.6. The first kappa shape index (κ1) is 16.2. The normalized spacial score (nSPS) is 10.9. The molecule has 2 aromatic rings. The molecule has 2 heterocycles. The van der Waals surface area contributed by atoms with Gasteiger partial charge in [-0.25, -0.2) is 15.0 Å². The first-order chi connectivity index (χ1) is 10.2. The minimum Gasteiger partial charge on any atom is -0.370 e. The molecular weight excluding hydrogens is 302 g/mol. The third-order valence-corrected chi connectivity index (χ3v) is 4.84. The molecule has 0 aliphatic rings. The van der Waals surface area contributed by atoms with Gasteiger partial charge < -0.3 is 5.32 Å². The Hall–Kier alpha value is -1.21. The maximum Gasteiger partial charge on any atom is 0.176 e. The number of hydrogen-bond donors (Lipinski definition) is 1. The van der Waals surface area contributed by atoms with Gasteiger partial charge in [-0.15, -0.1) is 0 Å². The Morgan fingerprint density at radius 2 is 1.81 bits per heavy atom. The Kier molecular flexibility index (Phi) is 5.93. The molecule has 7 heteroatoms. The van der Waals surface area contributed by atoms with Crippen LogP contribution in [-0.4, -0.2) is 25.9 Å². The fraction of sp³-hybridized carbons (Fsp3) is 0.571. The quantitative estimate of drug-likeness (QED) is 0.783. The second kappa shape index (κ2) is 7.70. The highest BCUT2D eigenvalue weighted by Crippen LogP contribution is 2.32. The van der Waals surface area contributed by atoms with Gasteiger partial charge in [0.25, 0.3) is 0 Å². The van der Waals surface area contributed by atoms with Crippen molar-refractivity contribution in [3.05, 3.63) is 17.2 Å². The Balaban J connectivity index is 2.28. The Labute approximate surface area is 134 Å². The predicted octanol–water partition coefficient (Wildman–Crippen LogP) is 3.73. The lowest BCUT2D eigenvalue weighted by Crippen LogP contribution is -2.08. The van der Waals surface area contributed by atoms with E-state index in [9.17, 15) is 0 Å². The molecule has 0 saturated heterocycles. The van der Waals surface area contributed by atoms with Gasteiger partial charge in [0.05, 0.1) is 0 Å². The lowest BCUT2D eigenvalue weighted by atomic mass is 10.3. The number of hydrogen-bond acceptors (Lipinski definition) is 7. The summed E-state index contributed by atoms with van der Waals surface area (Å²) in [5, 5.41) is 4.35. The molecule has 0 spiro atoms. The lowest BCUT2D eigenvalue weighted by Gasteiger charge is -2.12. The minimum absolute atomic E-state index is 0.824. The highest BCUT2D eigenvalue weighted by atomic mass is 32.2. The van der Waals surface area contributed by atoms with Crippen molar-refractivity contribution in [2.75, 3.05) is 11.9 Å². The zero-order valence-electron chi connectivity index (χ0n) is 12.9. The van der Waals surface area contributed by atoms with E-state index in [1.165, 1.54) is 11.5 Å². The number of anilines is 1. The lowest BCUT2D eigenvalue weighted by molar-refractivity contribution is 0.860. The van der Waals surface area contributed by atoms with Crippen LogP contribution in [0, 0.1) is 6.92 Å². The van der Waals surface area contributed by atoms with Crippen LogP contribution in [0.1, 0.15) is 44.4 Å². The molecule has 0 atom stereocenters. The molecule has 0 saturated carbocycles. The van der Waals surface area contributed by atoms with Crippen molar-refractivity contribution in [1.29, 1.82) is 0 Å². The zero-order chi connectivity index (χ0) is 15.2. The van der Waals surface area contributed by atoms with Gasteiger partial charge >= 0.3 is 0 Å². The van der Waals surface area contributed by atoms with Crippen LogP contribution in [0.3, 0.4) is 0 Å². The van der Waals surface area contributed by atoms with E-state index in [2.05, 4.69) is 52.3 Å². The van der Waals surface area contributed by atoms with E-state index in [-0.39, 0.29) is 0 Å². The van der Waals surface area contributed by atoms with E-state index in [1.54, 1.807) is 11.8 Å². The van der Waals surface area contributed by atoms with E-state index in [0.29, 0.717) is 0 Å². The Morgan fingerprint density at radius 1 is 1.05 bits per heavy atom. The van der Waals surface area contributed by atoms with Gasteiger partial charge in [-0.1, -0.05) is 20.8 Å². The second-order valence-corrected chi connectivity index (χ2v) is 6.62. The van der Waals surface area contributed by atoms with Crippen molar-refractivity contribution in [3.8, 4) is 0 Å². The van der Waals surface area contributed by atoms with Crippen LogP contribution in [0.15, 0.2) is 9.37 Å². The molecule has 0 amide bonds. The molecule has 0 aliphatic carbocycles. The summed E-state index contributed by atoms with van der Waals surface area (Å²) < 4.78 is 5.27. The van der Waals surface area contributed by atoms with Crippen molar-refractivity contribution >= 4 is 29.1 Å². The summed E-state index contributed by atoms with van der Waals surface area (Å²) in [6.07, 6.45) is 2.76. The molecule has 1 N–H and O–H groups in total. The van der Waals surface area contributed by atoms with E-state index in [1.807, 2.05) is 0 Å². The minimum atomic E-state index is 0.824. The molecule has 5 nitrogen and oxygen atoms in total. The summed E-state index contributed by atoms with van der Waals surface area (Å²) >= 11 is 3.02. The molecule has 21 heavy (non-hydrogen) atoms. The number of nitrogens with zero attached hydrogens (tertiary/aromatic N) is 4. The molecule has 0 bridgehead atoms. The smallest absolute Gasteiger partial charge is 0.176 e. The van der Waals surface area contributed by atoms with Crippen LogP contribution < -0.4 is 5.32 Å². The van der Waals surface area contributed by atoms with Gasteiger partial charge in [0.1, 0.15) is 22.5 Å². The van der Waals surface area contributed by atoms with E-state index in [0.717, 1.165) is 58.2 Å². The van der Waals surface area contributed by atoms with Gasteiger partial charge in [-0.3, -0.25) is 0 Å². The van der Waals surface area contributed by atoms with Crippen LogP contribution in [0.4, 0.5) is 5.82 Å². The first-order valence-corrected chi connectivity index (χ1v) is 8.88. The van der Waals surface area contributed by atoms with Crippen LogP contribution in [0.5, 0.6) is 0 Å². The highest BCUT2D eigenvalue weighted by molar-refractivity contribution is 8.00.